The Balaban J connectivity index is 1.71. The molecular weight excluding hydrogens is 385 g/mol. The van der Waals surface area contributed by atoms with E-state index in [2.05, 4.69) is 90.7 Å². The Hall–Kier alpha value is -3.09. The van der Waals surface area contributed by atoms with E-state index in [1.165, 1.54) is 16.4 Å². The Bertz CT molecular complexity index is 1090. The second-order valence-corrected chi connectivity index (χ2v) is 8.84. The molecule has 0 bridgehead atoms. The van der Waals surface area contributed by atoms with E-state index in [-0.39, 0.29) is 0 Å². The van der Waals surface area contributed by atoms with E-state index in [4.69, 9.17) is 0 Å². The summed E-state index contributed by atoms with van der Waals surface area (Å²) in [6.45, 7) is 4.82. The zero-order chi connectivity index (χ0) is 20.9. The average molecular weight is 411 g/mol. The van der Waals surface area contributed by atoms with Crippen molar-refractivity contribution in [2.75, 3.05) is 4.90 Å². The summed E-state index contributed by atoms with van der Waals surface area (Å²) < 4.78 is 0. The molecule has 0 aromatic heterocycles. The Labute approximate surface area is 180 Å². The predicted octanol–water partition coefficient (Wildman–Crippen LogP) is 5.98. The van der Waals surface area contributed by atoms with Crippen molar-refractivity contribution in [3.8, 4) is 5.75 Å². The van der Waals surface area contributed by atoms with E-state index >= 15 is 0 Å². The molecule has 0 aliphatic heterocycles. The molecule has 0 fully saturated rings. The quantitative estimate of drug-likeness (QED) is 0.395. The van der Waals surface area contributed by atoms with Crippen LogP contribution >= 0.6 is 8.58 Å². The van der Waals surface area contributed by atoms with E-state index in [1.807, 2.05) is 25.1 Å². The van der Waals surface area contributed by atoms with E-state index < -0.39 is 0 Å². The van der Waals surface area contributed by atoms with Crippen LogP contribution in [0.5, 0.6) is 5.75 Å². The first-order valence-electron chi connectivity index (χ1n) is 10.1. The molecule has 0 saturated heterocycles. The van der Waals surface area contributed by atoms with Gasteiger partial charge in [0, 0.05) is 23.2 Å². The van der Waals surface area contributed by atoms with Crippen LogP contribution in [0.15, 0.2) is 97.1 Å². The minimum atomic E-state index is 0.405. The Morgan fingerprint density at radius 2 is 1.27 bits per heavy atom. The average Bonchev–Trinajstić information content (AvgIpc) is 2.77. The summed E-state index contributed by atoms with van der Waals surface area (Å²) in [4.78, 5) is 2.34. The monoisotopic (exact) mass is 411 g/mol. The summed E-state index contributed by atoms with van der Waals surface area (Å²) in [5, 5.41) is 12.9. The van der Waals surface area contributed by atoms with Gasteiger partial charge in [0.25, 0.3) is 0 Å². The second kappa shape index (κ2) is 9.15. The van der Waals surface area contributed by atoms with Gasteiger partial charge in [-0.1, -0.05) is 75.3 Å². The van der Waals surface area contributed by atoms with Crippen molar-refractivity contribution in [2.24, 2.45) is 0 Å². The molecule has 1 atom stereocenters. The lowest BCUT2D eigenvalue weighted by Gasteiger charge is -2.26. The lowest BCUT2D eigenvalue weighted by atomic mass is 10.1. The summed E-state index contributed by atoms with van der Waals surface area (Å²) in [6.07, 6.45) is 0. The lowest BCUT2D eigenvalue weighted by Crippen LogP contribution is -2.21. The maximum absolute atomic E-state index is 10.6. The van der Waals surface area contributed by atoms with Crippen molar-refractivity contribution in [3.63, 3.8) is 0 Å². The van der Waals surface area contributed by atoms with Crippen molar-refractivity contribution in [1.29, 1.82) is 0 Å². The number of hydrogen-bond acceptors (Lipinski definition) is 2. The first kappa shape index (κ1) is 20.2. The van der Waals surface area contributed by atoms with Gasteiger partial charge in [0.1, 0.15) is 5.75 Å². The standard InChI is InChI=1S/C27H26NOP/c1-20-17-21(2)27(29)26(18-20)30-25-16-10-9-11-22(25)19-28(23-12-5-3-6-13-23)24-14-7-4-8-15-24/h3-18,29-30H,19H2,1-2H3. The fourth-order valence-corrected chi connectivity index (χ4v) is 5.11. The minimum Gasteiger partial charge on any atom is -0.507 e. The van der Waals surface area contributed by atoms with E-state index in [9.17, 15) is 5.11 Å². The highest BCUT2D eigenvalue weighted by molar-refractivity contribution is 7.55. The number of nitrogens with zero attached hydrogens (tertiary/aromatic N) is 1. The molecule has 1 N–H and O–H groups in total. The summed E-state index contributed by atoms with van der Waals surface area (Å²) >= 11 is 0. The maximum Gasteiger partial charge on any atom is 0.126 e. The molecule has 0 radical (unpaired) electrons. The maximum atomic E-state index is 10.6. The minimum absolute atomic E-state index is 0.405. The van der Waals surface area contributed by atoms with E-state index in [1.54, 1.807) is 0 Å². The molecule has 4 aromatic rings. The van der Waals surface area contributed by atoms with Crippen LogP contribution in [0.25, 0.3) is 0 Å². The molecular formula is C27H26NOP. The number of phenols is 1. The van der Waals surface area contributed by atoms with Crippen molar-refractivity contribution >= 4 is 30.6 Å². The topological polar surface area (TPSA) is 23.5 Å². The normalized spacial score (nSPS) is 11.1. The fourth-order valence-electron chi connectivity index (χ4n) is 3.70. The number of aromatic hydroxyl groups is 1. The number of rotatable bonds is 6. The summed E-state index contributed by atoms with van der Waals surface area (Å²) in [5.41, 5.74) is 5.71. The number of anilines is 2. The molecule has 0 aliphatic carbocycles. The SMILES string of the molecule is Cc1cc(C)c(O)c(Pc2ccccc2CN(c2ccccc2)c2ccccc2)c1. The molecule has 0 saturated carbocycles. The highest BCUT2D eigenvalue weighted by atomic mass is 31.1. The Morgan fingerprint density at radius 3 is 1.90 bits per heavy atom. The van der Waals surface area contributed by atoms with Gasteiger partial charge < -0.3 is 10.0 Å². The van der Waals surface area contributed by atoms with Crippen LogP contribution in [0.2, 0.25) is 0 Å². The van der Waals surface area contributed by atoms with Crippen molar-refractivity contribution in [2.45, 2.75) is 20.4 Å². The molecule has 0 aliphatic rings. The number of benzene rings is 4. The van der Waals surface area contributed by atoms with Crippen molar-refractivity contribution in [3.05, 3.63) is 114 Å². The van der Waals surface area contributed by atoms with Crippen LogP contribution in [-0.2, 0) is 6.54 Å². The third-order valence-electron chi connectivity index (χ3n) is 5.20. The first-order valence-corrected chi connectivity index (χ1v) is 11.1. The van der Waals surface area contributed by atoms with Crippen LogP contribution in [0.3, 0.4) is 0 Å². The molecule has 3 heteroatoms. The molecule has 30 heavy (non-hydrogen) atoms. The molecule has 2 nitrogen and oxygen atoms in total. The Kier molecular flexibility index (Phi) is 6.16. The summed E-state index contributed by atoms with van der Waals surface area (Å²) in [5.74, 6) is 0.414. The zero-order valence-corrected chi connectivity index (χ0v) is 18.3. The van der Waals surface area contributed by atoms with Crippen LogP contribution in [-0.4, -0.2) is 5.11 Å². The summed E-state index contributed by atoms with van der Waals surface area (Å²) in [6, 6.07) is 33.7. The van der Waals surface area contributed by atoms with Gasteiger partial charge in [-0.05, 0) is 66.2 Å². The smallest absolute Gasteiger partial charge is 0.126 e. The lowest BCUT2D eigenvalue weighted by molar-refractivity contribution is 0.475. The highest BCUT2D eigenvalue weighted by Gasteiger charge is 2.14. The summed E-state index contributed by atoms with van der Waals surface area (Å²) in [7, 11) is 0.405. The largest absolute Gasteiger partial charge is 0.507 e. The van der Waals surface area contributed by atoms with Crippen LogP contribution < -0.4 is 15.5 Å². The van der Waals surface area contributed by atoms with Crippen LogP contribution in [0.4, 0.5) is 11.4 Å². The molecule has 0 heterocycles. The van der Waals surface area contributed by atoms with E-state index in [0.717, 1.165) is 28.8 Å². The van der Waals surface area contributed by atoms with Gasteiger partial charge in [-0.25, -0.2) is 0 Å². The Morgan fingerprint density at radius 1 is 0.700 bits per heavy atom. The number of phenolic OH excluding ortho intramolecular Hbond substituents is 1. The number of para-hydroxylation sites is 2. The fraction of sp³-hybridized carbons (Fsp3) is 0.111. The van der Waals surface area contributed by atoms with Crippen LogP contribution in [0.1, 0.15) is 16.7 Å². The van der Waals surface area contributed by atoms with E-state index in [0.29, 0.717) is 14.3 Å². The molecule has 4 aromatic carbocycles. The third kappa shape index (κ3) is 4.56. The van der Waals surface area contributed by atoms with Gasteiger partial charge in [-0.2, -0.15) is 0 Å². The number of aryl methyl sites for hydroxylation is 2. The molecule has 4 rings (SSSR count). The zero-order valence-electron chi connectivity index (χ0n) is 17.3. The second-order valence-electron chi connectivity index (χ2n) is 7.52. The molecule has 1 unspecified atom stereocenters. The predicted molar refractivity (Wildman–Crippen MR) is 130 cm³/mol. The molecule has 0 amide bonds. The van der Waals surface area contributed by atoms with Crippen molar-refractivity contribution < 1.29 is 5.11 Å². The van der Waals surface area contributed by atoms with Gasteiger partial charge in [0.15, 0.2) is 0 Å². The van der Waals surface area contributed by atoms with Crippen LogP contribution in [0, 0.1) is 13.8 Å². The first-order chi connectivity index (χ1) is 14.6. The molecule has 150 valence electrons. The van der Waals surface area contributed by atoms with Crippen molar-refractivity contribution in [1.82, 2.24) is 0 Å². The van der Waals surface area contributed by atoms with Gasteiger partial charge in [-0.3, -0.25) is 0 Å². The van der Waals surface area contributed by atoms with Gasteiger partial charge in [0.2, 0.25) is 0 Å². The highest BCUT2D eigenvalue weighted by Crippen LogP contribution is 2.29. The van der Waals surface area contributed by atoms with Gasteiger partial charge in [0.05, 0.1) is 0 Å². The van der Waals surface area contributed by atoms with Gasteiger partial charge >= 0.3 is 0 Å². The third-order valence-corrected chi connectivity index (χ3v) is 6.60. The molecule has 0 spiro atoms. The van der Waals surface area contributed by atoms with Gasteiger partial charge in [-0.15, -0.1) is 0 Å². The number of hydrogen-bond donors (Lipinski definition) is 1.